The number of aryl methyl sites for hydroxylation is 1. The van der Waals surface area contributed by atoms with E-state index in [1.807, 2.05) is 33.9 Å². The molecular formula is C30H38F2N4O6. The second-order valence-corrected chi connectivity index (χ2v) is 10.3. The fourth-order valence-corrected chi connectivity index (χ4v) is 5.03. The molecule has 1 fully saturated rings. The molecule has 12 heteroatoms. The van der Waals surface area contributed by atoms with Crippen molar-refractivity contribution >= 4 is 5.91 Å². The molecule has 1 amide bonds. The molecule has 42 heavy (non-hydrogen) atoms. The Hall–Kier alpha value is -3.74. The number of carbonyl (C=O) groups excluding carboxylic acids is 1. The highest BCUT2D eigenvalue weighted by Crippen LogP contribution is 2.29. The number of rotatable bonds is 13. The molecular weight excluding hydrogens is 550 g/mol. The van der Waals surface area contributed by atoms with Crippen molar-refractivity contribution in [3.05, 3.63) is 71.8 Å². The molecule has 0 bridgehead atoms. The molecule has 1 aliphatic rings. The van der Waals surface area contributed by atoms with E-state index in [9.17, 15) is 18.7 Å². The van der Waals surface area contributed by atoms with Gasteiger partial charge in [-0.15, -0.1) is 0 Å². The topological polar surface area (TPSA) is 98.5 Å². The van der Waals surface area contributed by atoms with Crippen molar-refractivity contribution in [2.24, 2.45) is 0 Å². The van der Waals surface area contributed by atoms with E-state index in [2.05, 4.69) is 11.9 Å². The average Bonchev–Trinajstić information content (AvgIpc) is 3.34. The van der Waals surface area contributed by atoms with Crippen LogP contribution < -0.4 is 14.2 Å². The first-order valence-electron chi connectivity index (χ1n) is 13.8. The highest BCUT2D eigenvalue weighted by Gasteiger charge is 2.37. The normalized spacial score (nSPS) is 17.6. The Bertz CT molecular complexity index is 1320. The molecule has 1 aliphatic heterocycles. The monoisotopic (exact) mass is 588 g/mol. The molecule has 2 heterocycles. The van der Waals surface area contributed by atoms with Gasteiger partial charge in [-0.2, -0.15) is 0 Å². The third kappa shape index (κ3) is 8.40. The zero-order valence-corrected chi connectivity index (χ0v) is 24.2. The van der Waals surface area contributed by atoms with Gasteiger partial charge >= 0.3 is 0 Å². The summed E-state index contributed by atoms with van der Waals surface area (Å²) < 4.78 is 51.7. The van der Waals surface area contributed by atoms with Gasteiger partial charge in [0.25, 0.3) is 0 Å². The molecule has 0 aliphatic carbocycles. The third-order valence-electron chi connectivity index (χ3n) is 7.00. The lowest BCUT2D eigenvalue weighted by atomic mass is 10.0. The summed E-state index contributed by atoms with van der Waals surface area (Å²) in [4.78, 5) is 20.6. The van der Waals surface area contributed by atoms with Gasteiger partial charge in [-0.05, 0) is 17.7 Å². The van der Waals surface area contributed by atoms with E-state index in [0.717, 1.165) is 36.0 Å². The number of hydrogen-bond acceptors (Lipinski definition) is 8. The number of aromatic nitrogens is 2. The van der Waals surface area contributed by atoms with Crippen LogP contribution in [0.25, 0.3) is 0 Å². The van der Waals surface area contributed by atoms with Gasteiger partial charge in [0.15, 0.2) is 11.5 Å². The summed E-state index contributed by atoms with van der Waals surface area (Å²) in [5, 5.41) is 11.6. The van der Waals surface area contributed by atoms with Crippen LogP contribution in [-0.2, 0) is 29.0 Å². The molecule has 3 aromatic rings. The lowest BCUT2D eigenvalue weighted by Gasteiger charge is -2.33. The fraction of sp³-hybridized carbons (Fsp3) is 0.467. The summed E-state index contributed by atoms with van der Waals surface area (Å²) in [6.45, 7) is 4.05. The van der Waals surface area contributed by atoms with Crippen LogP contribution in [0.15, 0.2) is 48.8 Å². The SMILES string of the molecule is CCc1nccn1CCOc1cc(CN2CCN(C(=O)COC)C[C@](O)(COc3cc(F)cc(F)c3)C2)ccc1OC. The lowest BCUT2D eigenvalue weighted by Crippen LogP contribution is -2.52. The second kappa shape index (κ2) is 14.4. The Labute approximate surface area is 244 Å². The first kappa shape index (κ1) is 31.2. The van der Waals surface area contributed by atoms with Gasteiger partial charge in [0.05, 0.1) is 20.2 Å². The molecule has 1 aromatic heterocycles. The number of carbonyl (C=O) groups is 1. The van der Waals surface area contributed by atoms with Crippen molar-refractivity contribution in [2.75, 3.05) is 60.2 Å². The molecule has 4 rings (SSSR count). The number of aliphatic hydroxyl groups is 1. The number of benzene rings is 2. The molecule has 2 aromatic carbocycles. The van der Waals surface area contributed by atoms with Crippen LogP contribution in [0.5, 0.6) is 17.2 Å². The van der Waals surface area contributed by atoms with Crippen molar-refractivity contribution < 1.29 is 37.6 Å². The third-order valence-corrected chi connectivity index (χ3v) is 7.00. The molecule has 0 radical (unpaired) electrons. The van der Waals surface area contributed by atoms with Crippen molar-refractivity contribution in [2.45, 2.75) is 32.0 Å². The molecule has 228 valence electrons. The molecule has 1 saturated heterocycles. The Kier molecular flexibility index (Phi) is 10.7. The van der Waals surface area contributed by atoms with Gasteiger partial charge < -0.3 is 33.5 Å². The smallest absolute Gasteiger partial charge is 0.248 e. The molecule has 1 N–H and O–H groups in total. The van der Waals surface area contributed by atoms with Gasteiger partial charge in [0, 0.05) is 70.3 Å². The largest absolute Gasteiger partial charge is 0.493 e. The predicted octanol–water partition coefficient (Wildman–Crippen LogP) is 2.91. The summed E-state index contributed by atoms with van der Waals surface area (Å²) in [6.07, 6.45) is 4.52. The number of methoxy groups -OCH3 is 2. The van der Waals surface area contributed by atoms with E-state index < -0.39 is 17.2 Å². The number of β-amino-alcohol motifs (C(OH)–C–C–N with tert-alkyl or cyclic N) is 1. The minimum absolute atomic E-state index is 0.0333. The highest BCUT2D eigenvalue weighted by molar-refractivity contribution is 5.77. The number of amides is 1. The first-order chi connectivity index (χ1) is 20.2. The predicted molar refractivity (Wildman–Crippen MR) is 151 cm³/mol. The van der Waals surface area contributed by atoms with Crippen LogP contribution in [0.2, 0.25) is 0 Å². The average molecular weight is 589 g/mol. The van der Waals surface area contributed by atoms with Crippen molar-refractivity contribution in [3.63, 3.8) is 0 Å². The van der Waals surface area contributed by atoms with Crippen molar-refractivity contribution in [1.29, 1.82) is 0 Å². The van der Waals surface area contributed by atoms with E-state index in [-0.39, 0.29) is 38.0 Å². The standard InChI is InChI=1S/C30H38F2N4O6/c1-4-28-33-7-8-35(28)11-12-41-27-13-22(5-6-26(27)40-3)17-34-9-10-36(29(37)18-39-2)20-30(38,19-34)21-42-25-15-23(31)14-24(32)16-25/h5-8,13-16,38H,4,9-12,17-21H2,1-3H3/t30-/m0/s1. The molecule has 0 unspecified atom stereocenters. The summed E-state index contributed by atoms with van der Waals surface area (Å²) in [5.41, 5.74) is -0.620. The van der Waals surface area contributed by atoms with Gasteiger partial charge in [-0.1, -0.05) is 13.0 Å². The van der Waals surface area contributed by atoms with Gasteiger partial charge in [-0.3, -0.25) is 9.69 Å². The Balaban J connectivity index is 1.47. The molecule has 1 atom stereocenters. The van der Waals surface area contributed by atoms with E-state index in [1.54, 1.807) is 13.3 Å². The molecule has 10 nitrogen and oxygen atoms in total. The Morgan fingerprint density at radius 2 is 1.83 bits per heavy atom. The van der Waals surface area contributed by atoms with Crippen LogP contribution in [0, 0.1) is 11.6 Å². The fourth-order valence-electron chi connectivity index (χ4n) is 5.03. The lowest BCUT2D eigenvalue weighted by molar-refractivity contribution is -0.138. The van der Waals surface area contributed by atoms with E-state index in [4.69, 9.17) is 18.9 Å². The van der Waals surface area contributed by atoms with Crippen LogP contribution in [0.4, 0.5) is 8.78 Å². The van der Waals surface area contributed by atoms with E-state index in [0.29, 0.717) is 44.3 Å². The van der Waals surface area contributed by atoms with Gasteiger partial charge in [0.2, 0.25) is 5.91 Å². The van der Waals surface area contributed by atoms with Crippen LogP contribution in [0.3, 0.4) is 0 Å². The Morgan fingerprint density at radius 1 is 1.05 bits per heavy atom. The minimum Gasteiger partial charge on any atom is -0.493 e. The van der Waals surface area contributed by atoms with Crippen molar-refractivity contribution in [1.82, 2.24) is 19.4 Å². The minimum atomic E-state index is -1.53. The van der Waals surface area contributed by atoms with E-state index >= 15 is 0 Å². The number of imidazole rings is 1. The molecule has 0 saturated carbocycles. The van der Waals surface area contributed by atoms with Crippen LogP contribution in [0.1, 0.15) is 18.3 Å². The Morgan fingerprint density at radius 3 is 2.55 bits per heavy atom. The summed E-state index contributed by atoms with van der Waals surface area (Å²) >= 11 is 0. The maximum atomic E-state index is 13.7. The maximum absolute atomic E-state index is 13.7. The zero-order valence-electron chi connectivity index (χ0n) is 24.2. The summed E-state index contributed by atoms with van der Waals surface area (Å²) in [5.74, 6) is 0.266. The van der Waals surface area contributed by atoms with Crippen molar-refractivity contribution in [3.8, 4) is 17.2 Å². The highest BCUT2D eigenvalue weighted by atomic mass is 19.1. The first-order valence-corrected chi connectivity index (χ1v) is 13.8. The maximum Gasteiger partial charge on any atom is 0.248 e. The zero-order chi connectivity index (χ0) is 30.1. The van der Waals surface area contributed by atoms with Crippen LogP contribution in [-0.4, -0.2) is 96.2 Å². The number of hydrogen-bond donors (Lipinski definition) is 1. The van der Waals surface area contributed by atoms with E-state index in [1.165, 1.54) is 12.0 Å². The number of halogens is 2. The molecule has 0 spiro atoms. The number of ether oxygens (including phenoxy) is 4. The second-order valence-electron chi connectivity index (χ2n) is 10.3. The number of nitrogens with zero attached hydrogens (tertiary/aromatic N) is 4. The van der Waals surface area contributed by atoms with Gasteiger partial charge in [0.1, 0.15) is 48.6 Å². The van der Waals surface area contributed by atoms with Gasteiger partial charge in [-0.25, -0.2) is 13.8 Å². The van der Waals surface area contributed by atoms with Crippen LogP contribution >= 0.6 is 0 Å². The summed E-state index contributed by atoms with van der Waals surface area (Å²) in [6, 6.07) is 8.48. The summed E-state index contributed by atoms with van der Waals surface area (Å²) in [7, 11) is 3.01. The quantitative estimate of drug-likeness (QED) is 0.326.